The SMILES string of the molecule is COc1cc(=C2N=c3ccccc3=C2CN2CCOCC2)[nH]c1=Cc1[nH]c(C)cc1C. The maximum Gasteiger partial charge on any atom is 0.144 e. The number of morpholine rings is 1. The predicted molar refractivity (Wildman–Crippen MR) is 122 cm³/mol. The highest BCUT2D eigenvalue weighted by atomic mass is 16.5. The maximum atomic E-state index is 5.70. The monoisotopic (exact) mass is 416 g/mol. The van der Waals surface area contributed by atoms with E-state index in [-0.39, 0.29) is 0 Å². The minimum atomic E-state index is 0.783. The number of aromatic amines is 2. The summed E-state index contributed by atoms with van der Waals surface area (Å²) in [5.74, 6) is 0.811. The van der Waals surface area contributed by atoms with Crippen molar-refractivity contribution in [1.82, 2.24) is 14.9 Å². The first kappa shape index (κ1) is 19.8. The predicted octanol–water partition coefficient (Wildman–Crippen LogP) is 0.722. The molecule has 2 aliphatic rings. The van der Waals surface area contributed by atoms with Crippen molar-refractivity contribution in [2.75, 3.05) is 40.0 Å². The lowest BCUT2D eigenvalue weighted by atomic mass is 10.1. The summed E-state index contributed by atoms with van der Waals surface area (Å²) in [5.41, 5.74) is 5.68. The van der Waals surface area contributed by atoms with Gasteiger partial charge in [-0.3, -0.25) is 4.90 Å². The number of fused-ring (bicyclic) bond motifs is 1. The van der Waals surface area contributed by atoms with Gasteiger partial charge in [-0.05, 0) is 37.6 Å². The van der Waals surface area contributed by atoms with E-state index in [4.69, 9.17) is 14.5 Å². The maximum absolute atomic E-state index is 5.70. The van der Waals surface area contributed by atoms with E-state index in [1.165, 1.54) is 16.4 Å². The normalized spacial score (nSPS) is 18.9. The third kappa shape index (κ3) is 3.84. The minimum absolute atomic E-state index is 0.783. The lowest BCUT2D eigenvalue weighted by Gasteiger charge is -2.27. The molecule has 2 aliphatic heterocycles. The Morgan fingerprint density at radius 2 is 1.94 bits per heavy atom. The van der Waals surface area contributed by atoms with Gasteiger partial charge >= 0.3 is 0 Å². The number of aryl methyl sites for hydroxylation is 2. The van der Waals surface area contributed by atoms with Crippen molar-refractivity contribution in [1.29, 1.82) is 0 Å². The third-order valence-electron chi connectivity index (χ3n) is 6.00. The molecule has 2 N–H and O–H groups in total. The van der Waals surface area contributed by atoms with Crippen LogP contribution in [0.25, 0.3) is 17.3 Å². The standard InChI is InChI=1S/C25H28N4O2/c1-16-12-17(2)26-21(16)13-22-24(30-3)14-23(27-22)25-19(15-29-8-10-31-11-9-29)18-6-4-5-7-20(18)28-25/h4-7,12-14,26-27H,8-11,15H2,1-3H3. The fourth-order valence-electron chi connectivity index (χ4n) is 4.41. The van der Waals surface area contributed by atoms with Crippen LogP contribution in [-0.4, -0.2) is 54.8 Å². The molecule has 5 rings (SSSR count). The van der Waals surface area contributed by atoms with Crippen LogP contribution in [0.5, 0.6) is 5.75 Å². The van der Waals surface area contributed by atoms with Gasteiger partial charge in [0.15, 0.2) is 0 Å². The number of H-pyrrole nitrogens is 2. The van der Waals surface area contributed by atoms with Gasteiger partial charge in [0.05, 0.1) is 42.1 Å². The van der Waals surface area contributed by atoms with E-state index in [0.717, 1.165) is 71.7 Å². The smallest absolute Gasteiger partial charge is 0.144 e. The molecular formula is C25H28N4O2. The Hall–Kier alpha value is -3.09. The molecule has 6 heteroatoms. The van der Waals surface area contributed by atoms with Gasteiger partial charge in [-0.2, -0.15) is 0 Å². The number of nitrogens with one attached hydrogen (secondary N) is 2. The highest BCUT2D eigenvalue weighted by Gasteiger charge is 2.20. The molecule has 0 bridgehead atoms. The number of hydrogen-bond acceptors (Lipinski definition) is 4. The second-order valence-electron chi connectivity index (χ2n) is 8.20. The molecule has 160 valence electrons. The molecule has 0 radical (unpaired) electrons. The second-order valence-corrected chi connectivity index (χ2v) is 8.20. The van der Waals surface area contributed by atoms with Gasteiger partial charge in [-0.15, -0.1) is 0 Å². The van der Waals surface area contributed by atoms with E-state index in [1.54, 1.807) is 7.11 Å². The molecule has 0 unspecified atom stereocenters. The van der Waals surface area contributed by atoms with E-state index in [1.807, 2.05) is 6.07 Å². The van der Waals surface area contributed by atoms with Crippen molar-refractivity contribution >= 4 is 17.3 Å². The van der Waals surface area contributed by atoms with Crippen LogP contribution in [0.1, 0.15) is 17.0 Å². The van der Waals surface area contributed by atoms with Crippen molar-refractivity contribution in [2.24, 2.45) is 4.99 Å². The molecule has 1 fully saturated rings. The van der Waals surface area contributed by atoms with Gasteiger partial charge in [0, 0.05) is 47.9 Å². The van der Waals surface area contributed by atoms with Crippen molar-refractivity contribution in [3.63, 3.8) is 0 Å². The third-order valence-corrected chi connectivity index (χ3v) is 6.00. The Labute approximate surface area is 181 Å². The number of aromatic nitrogens is 2. The fraction of sp³-hybridized carbons (Fsp3) is 0.320. The average molecular weight is 417 g/mol. The Morgan fingerprint density at radius 3 is 2.68 bits per heavy atom. The Kier molecular flexibility index (Phi) is 5.26. The van der Waals surface area contributed by atoms with Gasteiger partial charge in [0.25, 0.3) is 0 Å². The molecule has 1 aromatic carbocycles. The molecule has 1 saturated heterocycles. The molecule has 6 nitrogen and oxygen atoms in total. The Bertz CT molecular complexity index is 1360. The van der Waals surface area contributed by atoms with Gasteiger partial charge < -0.3 is 19.4 Å². The van der Waals surface area contributed by atoms with Crippen LogP contribution in [0.2, 0.25) is 0 Å². The number of methoxy groups -OCH3 is 1. The van der Waals surface area contributed by atoms with E-state index >= 15 is 0 Å². The first-order valence-corrected chi connectivity index (χ1v) is 10.7. The summed E-state index contributed by atoms with van der Waals surface area (Å²) in [7, 11) is 1.71. The fourth-order valence-corrected chi connectivity index (χ4v) is 4.41. The highest BCUT2D eigenvalue weighted by molar-refractivity contribution is 5.89. The zero-order valence-electron chi connectivity index (χ0n) is 18.3. The van der Waals surface area contributed by atoms with Crippen molar-refractivity contribution in [3.05, 3.63) is 74.6 Å². The minimum Gasteiger partial charge on any atom is -0.494 e. The molecule has 0 spiro atoms. The van der Waals surface area contributed by atoms with Gasteiger partial charge in [0.2, 0.25) is 0 Å². The molecular weight excluding hydrogens is 388 g/mol. The summed E-state index contributed by atoms with van der Waals surface area (Å²) >= 11 is 0. The van der Waals surface area contributed by atoms with Crippen molar-refractivity contribution < 1.29 is 9.47 Å². The Balaban J connectivity index is 1.67. The number of ether oxygens (including phenoxy) is 2. The molecule has 0 saturated carbocycles. The largest absolute Gasteiger partial charge is 0.494 e. The molecule has 2 aromatic heterocycles. The van der Waals surface area contributed by atoms with Crippen molar-refractivity contribution in [3.8, 4) is 5.75 Å². The lowest BCUT2D eigenvalue weighted by Crippen LogP contribution is -2.38. The summed E-state index contributed by atoms with van der Waals surface area (Å²) < 4.78 is 11.2. The Morgan fingerprint density at radius 1 is 1.13 bits per heavy atom. The number of para-hydroxylation sites is 1. The topological polar surface area (TPSA) is 65.6 Å². The number of hydrogen-bond donors (Lipinski definition) is 2. The summed E-state index contributed by atoms with van der Waals surface area (Å²) in [6.45, 7) is 8.48. The van der Waals surface area contributed by atoms with Crippen LogP contribution in [0, 0.1) is 13.8 Å². The van der Waals surface area contributed by atoms with Crippen LogP contribution in [-0.2, 0) is 4.74 Å². The summed E-state index contributed by atoms with van der Waals surface area (Å²) in [4.78, 5) is 14.4. The zero-order valence-corrected chi connectivity index (χ0v) is 18.3. The van der Waals surface area contributed by atoms with E-state index < -0.39 is 0 Å². The van der Waals surface area contributed by atoms with Crippen LogP contribution >= 0.6 is 0 Å². The quantitative estimate of drug-likeness (QED) is 0.659. The molecule has 3 aromatic rings. The number of benzene rings is 1. The molecule has 4 heterocycles. The van der Waals surface area contributed by atoms with Crippen LogP contribution < -0.4 is 26.0 Å². The van der Waals surface area contributed by atoms with Gasteiger partial charge in [-0.25, -0.2) is 4.99 Å². The van der Waals surface area contributed by atoms with Crippen molar-refractivity contribution in [2.45, 2.75) is 13.8 Å². The highest BCUT2D eigenvalue weighted by Crippen LogP contribution is 2.17. The van der Waals surface area contributed by atoms with Crippen LogP contribution in [0.15, 0.2) is 41.4 Å². The summed E-state index contributed by atoms with van der Waals surface area (Å²) in [5, 5.41) is 4.14. The van der Waals surface area contributed by atoms with E-state index in [2.05, 4.69) is 65.1 Å². The summed E-state index contributed by atoms with van der Waals surface area (Å²) in [6.07, 6.45) is 2.11. The first-order valence-electron chi connectivity index (χ1n) is 10.7. The second kappa shape index (κ2) is 8.21. The molecule has 0 atom stereocenters. The molecule has 31 heavy (non-hydrogen) atoms. The van der Waals surface area contributed by atoms with Gasteiger partial charge in [0.1, 0.15) is 5.75 Å². The molecule has 0 aliphatic carbocycles. The van der Waals surface area contributed by atoms with Gasteiger partial charge in [-0.1, -0.05) is 18.2 Å². The first-order chi connectivity index (χ1) is 15.1. The van der Waals surface area contributed by atoms with Crippen LogP contribution in [0.4, 0.5) is 0 Å². The number of nitrogens with zero attached hydrogens (tertiary/aromatic N) is 2. The van der Waals surface area contributed by atoms with E-state index in [0.29, 0.717) is 0 Å². The van der Waals surface area contributed by atoms with E-state index in [9.17, 15) is 0 Å². The molecule has 0 amide bonds. The van der Waals surface area contributed by atoms with Crippen LogP contribution in [0.3, 0.4) is 0 Å². The summed E-state index contributed by atoms with van der Waals surface area (Å²) in [6, 6.07) is 12.6. The average Bonchev–Trinajstić information content (AvgIpc) is 3.44. The lowest BCUT2D eigenvalue weighted by molar-refractivity contribution is 0.0444. The zero-order chi connectivity index (χ0) is 21.4. The number of rotatable bonds is 4.